The number of hydrogen-bond acceptors (Lipinski definition) is 3. The largest absolute Gasteiger partial charge is 0.371 e. The molecule has 2 aliphatic heterocycles. The summed E-state index contributed by atoms with van der Waals surface area (Å²) < 4.78 is 0. The van der Waals surface area contributed by atoms with Crippen LogP contribution in [-0.2, 0) is 10.2 Å². The average Bonchev–Trinajstić information content (AvgIpc) is 2.53. The third-order valence-corrected chi connectivity index (χ3v) is 5.87. The molecule has 0 radical (unpaired) electrons. The van der Waals surface area contributed by atoms with Crippen LogP contribution in [0.4, 0.5) is 5.69 Å². The normalized spacial score (nSPS) is 20.9. The topological polar surface area (TPSA) is 44.4 Å². The highest BCUT2D eigenvalue weighted by atomic mass is 16.1. The summed E-state index contributed by atoms with van der Waals surface area (Å²) in [6, 6.07) is 9.30. The summed E-state index contributed by atoms with van der Waals surface area (Å²) in [5, 5.41) is 6.53. The number of benzene rings is 1. The maximum atomic E-state index is 12.4. The Hall–Kier alpha value is -1.55. The standard InChI is InChI=1S/C21H33N3O/c1-15(16-13-22-14-16)20(25)23-18-9-11-24(12-10-18)19-7-5-17(6-8-19)21(2,3)4/h5-8,15-16,18,22H,9-14H2,1-4H3,(H,23,25). The fourth-order valence-electron chi connectivity index (χ4n) is 3.67. The quantitative estimate of drug-likeness (QED) is 0.883. The molecule has 1 atom stereocenters. The summed E-state index contributed by atoms with van der Waals surface area (Å²) in [6.45, 7) is 12.8. The van der Waals surface area contributed by atoms with Crippen LogP contribution in [-0.4, -0.2) is 38.1 Å². The minimum absolute atomic E-state index is 0.129. The van der Waals surface area contributed by atoms with E-state index in [2.05, 4.69) is 67.5 Å². The molecular weight excluding hydrogens is 310 g/mol. The van der Waals surface area contributed by atoms with Gasteiger partial charge in [-0.05, 0) is 55.0 Å². The number of carbonyl (C=O) groups is 1. The van der Waals surface area contributed by atoms with Gasteiger partial charge in [0.25, 0.3) is 0 Å². The van der Waals surface area contributed by atoms with Gasteiger partial charge >= 0.3 is 0 Å². The average molecular weight is 344 g/mol. The molecule has 4 heteroatoms. The van der Waals surface area contributed by atoms with Crippen molar-refractivity contribution in [1.82, 2.24) is 10.6 Å². The van der Waals surface area contributed by atoms with E-state index in [0.29, 0.717) is 12.0 Å². The van der Waals surface area contributed by atoms with Gasteiger partial charge in [-0.25, -0.2) is 0 Å². The van der Waals surface area contributed by atoms with E-state index in [4.69, 9.17) is 0 Å². The third-order valence-electron chi connectivity index (χ3n) is 5.87. The second-order valence-electron chi connectivity index (χ2n) is 8.77. The van der Waals surface area contributed by atoms with Crippen molar-refractivity contribution in [1.29, 1.82) is 0 Å². The number of rotatable bonds is 4. The van der Waals surface area contributed by atoms with Gasteiger partial charge < -0.3 is 15.5 Å². The summed E-state index contributed by atoms with van der Waals surface area (Å²) in [5.74, 6) is 0.880. The van der Waals surface area contributed by atoms with Crippen molar-refractivity contribution in [3.8, 4) is 0 Å². The van der Waals surface area contributed by atoms with Crippen LogP contribution in [0, 0.1) is 11.8 Å². The van der Waals surface area contributed by atoms with Gasteiger partial charge in [-0.15, -0.1) is 0 Å². The molecule has 2 fully saturated rings. The van der Waals surface area contributed by atoms with Gasteiger partial charge in [0.1, 0.15) is 0 Å². The number of nitrogens with zero attached hydrogens (tertiary/aromatic N) is 1. The van der Waals surface area contributed by atoms with E-state index < -0.39 is 0 Å². The third kappa shape index (κ3) is 4.35. The van der Waals surface area contributed by atoms with Crippen molar-refractivity contribution in [3.63, 3.8) is 0 Å². The first-order valence-corrected chi connectivity index (χ1v) is 9.71. The van der Waals surface area contributed by atoms with Gasteiger partial charge in [0.05, 0.1) is 0 Å². The van der Waals surface area contributed by atoms with E-state index in [-0.39, 0.29) is 17.2 Å². The van der Waals surface area contributed by atoms with Gasteiger partial charge in [0.15, 0.2) is 0 Å². The monoisotopic (exact) mass is 343 g/mol. The maximum absolute atomic E-state index is 12.4. The smallest absolute Gasteiger partial charge is 0.223 e. The Morgan fingerprint density at radius 3 is 2.24 bits per heavy atom. The molecule has 2 aliphatic rings. The minimum atomic E-state index is 0.129. The lowest BCUT2D eigenvalue weighted by Gasteiger charge is -2.36. The number of amides is 1. The molecule has 138 valence electrons. The van der Waals surface area contributed by atoms with Crippen LogP contribution >= 0.6 is 0 Å². The van der Waals surface area contributed by atoms with Crippen LogP contribution in [0.5, 0.6) is 0 Å². The Morgan fingerprint density at radius 2 is 1.76 bits per heavy atom. The lowest BCUT2D eigenvalue weighted by atomic mass is 9.87. The number of piperidine rings is 1. The van der Waals surface area contributed by atoms with Crippen molar-refractivity contribution >= 4 is 11.6 Å². The first kappa shape index (κ1) is 18.2. The number of hydrogen-bond donors (Lipinski definition) is 2. The van der Waals surface area contributed by atoms with E-state index >= 15 is 0 Å². The minimum Gasteiger partial charge on any atom is -0.371 e. The van der Waals surface area contributed by atoms with Crippen LogP contribution in [0.3, 0.4) is 0 Å². The van der Waals surface area contributed by atoms with E-state index in [0.717, 1.165) is 39.0 Å². The summed E-state index contributed by atoms with van der Waals surface area (Å²) >= 11 is 0. The van der Waals surface area contributed by atoms with Crippen molar-refractivity contribution in [2.75, 3.05) is 31.1 Å². The number of anilines is 1. The fraction of sp³-hybridized carbons (Fsp3) is 0.667. The van der Waals surface area contributed by atoms with Gasteiger partial charge in [-0.2, -0.15) is 0 Å². The number of nitrogens with one attached hydrogen (secondary N) is 2. The van der Waals surface area contributed by atoms with Crippen LogP contribution in [0.1, 0.15) is 46.1 Å². The molecule has 1 unspecified atom stereocenters. The van der Waals surface area contributed by atoms with Crippen LogP contribution < -0.4 is 15.5 Å². The molecule has 25 heavy (non-hydrogen) atoms. The van der Waals surface area contributed by atoms with E-state index in [1.807, 2.05) is 0 Å². The summed E-state index contributed by atoms with van der Waals surface area (Å²) in [4.78, 5) is 14.8. The summed E-state index contributed by atoms with van der Waals surface area (Å²) in [5.41, 5.74) is 2.87. The molecule has 0 spiro atoms. The number of carbonyl (C=O) groups excluding carboxylic acids is 1. The molecule has 2 N–H and O–H groups in total. The van der Waals surface area contributed by atoms with Crippen LogP contribution in [0.2, 0.25) is 0 Å². The SMILES string of the molecule is CC(C(=O)NC1CCN(c2ccc(C(C)(C)C)cc2)CC1)C1CNC1. The highest BCUT2D eigenvalue weighted by molar-refractivity contribution is 5.79. The Balaban J connectivity index is 1.49. The molecule has 2 saturated heterocycles. The molecule has 4 nitrogen and oxygen atoms in total. The molecule has 1 aromatic rings. The Morgan fingerprint density at radius 1 is 1.16 bits per heavy atom. The molecule has 0 aromatic heterocycles. The Labute approximate surface area is 152 Å². The first-order chi connectivity index (χ1) is 11.8. The highest BCUT2D eigenvalue weighted by Gasteiger charge is 2.30. The maximum Gasteiger partial charge on any atom is 0.223 e. The predicted octanol–water partition coefficient (Wildman–Crippen LogP) is 2.92. The zero-order valence-corrected chi connectivity index (χ0v) is 16.1. The van der Waals surface area contributed by atoms with Gasteiger partial charge in [0.2, 0.25) is 5.91 Å². The van der Waals surface area contributed by atoms with Gasteiger partial charge in [-0.3, -0.25) is 4.79 Å². The molecule has 0 bridgehead atoms. The van der Waals surface area contributed by atoms with Crippen molar-refractivity contribution in [2.24, 2.45) is 11.8 Å². The summed E-state index contributed by atoms with van der Waals surface area (Å²) in [7, 11) is 0. The van der Waals surface area contributed by atoms with Gasteiger partial charge in [0, 0.05) is 30.7 Å². The van der Waals surface area contributed by atoms with Gasteiger partial charge in [-0.1, -0.05) is 39.8 Å². The Kier molecular flexibility index (Phi) is 5.38. The second kappa shape index (κ2) is 7.36. The predicted molar refractivity (Wildman–Crippen MR) is 104 cm³/mol. The molecule has 1 aromatic carbocycles. The molecule has 3 rings (SSSR count). The lowest BCUT2D eigenvalue weighted by molar-refractivity contribution is -0.127. The lowest BCUT2D eigenvalue weighted by Crippen LogP contribution is -2.52. The summed E-state index contributed by atoms with van der Waals surface area (Å²) in [6.07, 6.45) is 2.06. The first-order valence-electron chi connectivity index (χ1n) is 9.71. The van der Waals surface area contributed by atoms with Crippen molar-refractivity contribution < 1.29 is 4.79 Å². The van der Waals surface area contributed by atoms with Crippen molar-refractivity contribution in [2.45, 2.75) is 52.0 Å². The molecule has 2 heterocycles. The highest BCUT2D eigenvalue weighted by Crippen LogP contribution is 2.26. The van der Waals surface area contributed by atoms with E-state index in [1.54, 1.807) is 0 Å². The molecule has 1 amide bonds. The molecule has 0 aliphatic carbocycles. The van der Waals surface area contributed by atoms with E-state index in [9.17, 15) is 4.79 Å². The van der Waals surface area contributed by atoms with Crippen LogP contribution in [0.25, 0.3) is 0 Å². The second-order valence-corrected chi connectivity index (χ2v) is 8.77. The van der Waals surface area contributed by atoms with E-state index in [1.165, 1.54) is 11.3 Å². The van der Waals surface area contributed by atoms with Crippen LogP contribution in [0.15, 0.2) is 24.3 Å². The molecule has 0 saturated carbocycles. The fourth-order valence-corrected chi connectivity index (χ4v) is 3.67. The molecular formula is C21H33N3O. The van der Waals surface area contributed by atoms with Crippen molar-refractivity contribution in [3.05, 3.63) is 29.8 Å². The Bertz CT molecular complexity index is 578. The zero-order chi connectivity index (χ0) is 18.0. The zero-order valence-electron chi connectivity index (χ0n) is 16.1.